The van der Waals surface area contributed by atoms with Crippen LogP contribution in [0.2, 0.25) is 0 Å². The predicted molar refractivity (Wildman–Crippen MR) is 80.2 cm³/mol. The van der Waals surface area contributed by atoms with Crippen molar-refractivity contribution in [2.24, 2.45) is 5.92 Å². The van der Waals surface area contributed by atoms with E-state index in [4.69, 9.17) is 9.84 Å². The highest BCUT2D eigenvalue weighted by Gasteiger charge is 2.25. The van der Waals surface area contributed by atoms with Crippen LogP contribution in [0.25, 0.3) is 0 Å². The Hall–Kier alpha value is -1.30. The maximum atomic E-state index is 12.0. The number of nitrogens with one attached hydrogen (secondary N) is 2. The molecule has 0 spiro atoms. The molecule has 2 unspecified atom stereocenters. The van der Waals surface area contributed by atoms with E-state index in [-0.39, 0.29) is 12.5 Å². The number of methoxy groups -OCH3 is 1. The number of carboxylic acid groups (broad SMARTS) is 1. The molecule has 0 radical (unpaired) electrons. The summed E-state index contributed by atoms with van der Waals surface area (Å²) in [5, 5.41) is 14.6. The van der Waals surface area contributed by atoms with Crippen molar-refractivity contribution in [3.63, 3.8) is 0 Å². The van der Waals surface area contributed by atoms with E-state index in [1.807, 2.05) is 0 Å². The van der Waals surface area contributed by atoms with E-state index in [2.05, 4.69) is 17.6 Å². The van der Waals surface area contributed by atoms with Gasteiger partial charge in [0.05, 0.1) is 0 Å². The average molecular weight is 300 g/mol. The van der Waals surface area contributed by atoms with Crippen LogP contribution < -0.4 is 10.6 Å². The first-order valence-electron chi connectivity index (χ1n) is 7.87. The number of aliphatic carboxylic acids is 1. The Morgan fingerprint density at radius 2 is 1.90 bits per heavy atom. The first kappa shape index (κ1) is 17.8. The van der Waals surface area contributed by atoms with Gasteiger partial charge in [0, 0.05) is 26.2 Å². The van der Waals surface area contributed by atoms with E-state index < -0.39 is 18.0 Å². The fraction of sp³-hybridized carbons (Fsp3) is 0.867. The lowest BCUT2D eigenvalue weighted by Gasteiger charge is -2.30. The van der Waals surface area contributed by atoms with Gasteiger partial charge in [0.1, 0.15) is 6.04 Å². The number of urea groups is 1. The van der Waals surface area contributed by atoms with Crippen LogP contribution in [0.4, 0.5) is 4.79 Å². The lowest BCUT2D eigenvalue weighted by atomic mass is 9.83. The Labute approximate surface area is 126 Å². The summed E-state index contributed by atoms with van der Waals surface area (Å²) in [4.78, 5) is 23.1. The van der Waals surface area contributed by atoms with E-state index in [0.29, 0.717) is 12.5 Å². The molecule has 1 aliphatic rings. The van der Waals surface area contributed by atoms with Crippen LogP contribution in [0.15, 0.2) is 0 Å². The zero-order valence-corrected chi connectivity index (χ0v) is 13.1. The molecule has 6 heteroatoms. The van der Waals surface area contributed by atoms with Crippen molar-refractivity contribution in [1.29, 1.82) is 0 Å². The lowest BCUT2D eigenvalue weighted by molar-refractivity contribution is -0.139. The highest BCUT2D eigenvalue weighted by molar-refractivity contribution is 5.82. The van der Waals surface area contributed by atoms with Crippen LogP contribution >= 0.6 is 0 Å². The van der Waals surface area contributed by atoms with Crippen molar-refractivity contribution >= 4 is 12.0 Å². The van der Waals surface area contributed by atoms with Gasteiger partial charge in [-0.1, -0.05) is 26.2 Å². The zero-order valence-electron chi connectivity index (χ0n) is 13.1. The van der Waals surface area contributed by atoms with Gasteiger partial charge in [0.25, 0.3) is 0 Å². The zero-order chi connectivity index (χ0) is 15.7. The van der Waals surface area contributed by atoms with Gasteiger partial charge in [-0.05, 0) is 25.2 Å². The molecule has 1 saturated carbocycles. The molecule has 0 saturated heterocycles. The third-order valence-corrected chi connectivity index (χ3v) is 4.19. The van der Waals surface area contributed by atoms with Crippen LogP contribution in [0.5, 0.6) is 0 Å². The Bertz CT molecular complexity index is 330. The van der Waals surface area contributed by atoms with Crippen molar-refractivity contribution < 1.29 is 19.4 Å². The molecule has 2 amide bonds. The Morgan fingerprint density at radius 1 is 1.24 bits per heavy atom. The van der Waals surface area contributed by atoms with Crippen molar-refractivity contribution in [1.82, 2.24) is 10.6 Å². The van der Waals surface area contributed by atoms with Crippen molar-refractivity contribution in [3.8, 4) is 0 Å². The number of hydrogen-bond donors (Lipinski definition) is 3. The summed E-state index contributed by atoms with van der Waals surface area (Å²) in [5.74, 6) is -0.523. The summed E-state index contributed by atoms with van der Waals surface area (Å²) in [6.45, 7) is 2.36. The van der Waals surface area contributed by atoms with Crippen LogP contribution in [-0.2, 0) is 9.53 Å². The quantitative estimate of drug-likeness (QED) is 0.641. The summed E-state index contributed by atoms with van der Waals surface area (Å²) in [6.07, 6.45) is 7.13. The molecule has 1 aliphatic carbocycles. The minimum atomic E-state index is -1.03. The topological polar surface area (TPSA) is 87.7 Å². The number of carbonyl (C=O) groups excluding carboxylic acids is 1. The van der Waals surface area contributed by atoms with Gasteiger partial charge < -0.3 is 20.5 Å². The van der Waals surface area contributed by atoms with E-state index in [9.17, 15) is 9.59 Å². The lowest BCUT2D eigenvalue weighted by Crippen LogP contribution is -2.51. The molecule has 21 heavy (non-hydrogen) atoms. The maximum Gasteiger partial charge on any atom is 0.326 e. The van der Waals surface area contributed by atoms with Gasteiger partial charge in [-0.15, -0.1) is 0 Å². The molecule has 0 aromatic heterocycles. The molecule has 0 heterocycles. The molecule has 1 fully saturated rings. The molecular weight excluding hydrogens is 272 g/mol. The average Bonchev–Trinajstić information content (AvgIpc) is 2.49. The molecule has 0 aromatic carbocycles. The summed E-state index contributed by atoms with van der Waals surface area (Å²) in [6, 6.07) is -1.17. The minimum Gasteiger partial charge on any atom is -0.480 e. The van der Waals surface area contributed by atoms with Gasteiger partial charge >= 0.3 is 12.0 Å². The second-order valence-electron chi connectivity index (χ2n) is 5.70. The Balaban J connectivity index is 2.46. The van der Waals surface area contributed by atoms with Gasteiger partial charge in [-0.25, -0.2) is 9.59 Å². The molecule has 0 aromatic rings. The molecule has 6 nitrogen and oxygen atoms in total. The van der Waals surface area contributed by atoms with Crippen molar-refractivity contribution in [3.05, 3.63) is 0 Å². The first-order chi connectivity index (χ1) is 10.1. The Kier molecular flexibility index (Phi) is 8.12. The number of hydrogen-bond acceptors (Lipinski definition) is 3. The van der Waals surface area contributed by atoms with Crippen LogP contribution in [0.3, 0.4) is 0 Å². The van der Waals surface area contributed by atoms with E-state index in [0.717, 1.165) is 19.3 Å². The molecular formula is C15H28N2O4. The molecule has 1 rings (SSSR count). The highest BCUT2D eigenvalue weighted by Crippen LogP contribution is 2.27. The second kappa shape index (κ2) is 9.60. The summed E-state index contributed by atoms with van der Waals surface area (Å²) in [7, 11) is 1.51. The summed E-state index contributed by atoms with van der Waals surface area (Å²) in [5.41, 5.74) is 0. The van der Waals surface area contributed by atoms with Crippen molar-refractivity contribution in [2.45, 2.75) is 64.0 Å². The number of carboxylic acids is 1. The molecule has 122 valence electrons. The molecule has 2 atom stereocenters. The fourth-order valence-corrected chi connectivity index (χ4v) is 2.95. The summed E-state index contributed by atoms with van der Waals surface area (Å²) < 4.78 is 4.87. The number of amides is 2. The largest absolute Gasteiger partial charge is 0.480 e. The number of rotatable bonds is 8. The maximum absolute atomic E-state index is 12.0. The molecule has 0 bridgehead atoms. The van der Waals surface area contributed by atoms with E-state index in [1.54, 1.807) is 0 Å². The second-order valence-corrected chi connectivity index (χ2v) is 5.70. The third kappa shape index (κ3) is 6.33. The van der Waals surface area contributed by atoms with Gasteiger partial charge in [0.2, 0.25) is 0 Å². The van der Waals surface area contributed by atoms with Gasteiger partial charge in [0.15, 0.2) is 0 Å². The van der Waals surface area contributed by atoms with Gasteiger partial charge in [-0.2, -0.15) is 0 Å². The number of carbonyl (C=O) groups is 2. The van der Waals surface area contributed by atoms with E-state index in [1.165, 1.54) is 26.4 Å². The van der Waals surface area contributed by atoms with Crippen molar-refractivity contribution in [2.75, 3.05) is 13.7 Å². The van der Waals surface area contributed by atoms with Crippen LogP contribution in [-0.4, -0.2) is 42.9 Å². The normalized spacial score (nSPS) is 18.8. The molecule has 3 N–H and O–H groups in total. The first-order valence-corrected chi connectivity index (χ1v) is 7.87. The smallest absolute Gasteiger partial charge is 0.326 e. The monoisotopic (exact) mass is 300 g/mol. The predicted octanol–water partition coefficient (Wildman–Crippen LogP) is 2.13. The van der Waals surface area contributed by atoms with Gasteiger partial charge in [-0.3, -0.25) is 0 Å². The number of ether oxygens (including phenoxy) is 1. The minimum absolute atomic E-state index is 0.127. The Morgan fingerprint density at radius 3 is 2.43 bits per heavy atom. The fourth-order valence-electron chi connectivity index (χ4n) is 2.95. The SMILES string of the molecule is CCC(NC(=O)NC(CCOC)C(=O)O)C1CCCCC1. The standard InChI is InChI=1S/C15H28N2O4/c1-3-12(11-7-5-4-6-8-11)16-15(20)17-13(14(18)19)9-10-21-2/h11-13H,3-10H2,1-2H3,(H,18,19)(H2,16,17,20). The highest BCUT2D eigenvalue weighted by atomic mass is 16.5. The summed E-state index contributed by atoms with van der Waals surface area (Å²) >= 11 is 0. The molecule has 0 aliphatic heterocycles. The van der Waals surface area contributed by atoms with E-state index >= 15 is 0 Å². The third-order valence-electron chi connectivity index (χ3n) is 4.19. The van der Waals surface area contributed by atoms with Crippen LogP contribution in [0, 0.1) is 5.92 Å². The van der Waals surface area contributed by atoms with Crippen LogP contribution in [0.1, 0.15) is 51.9 Å².